The summed E-state index contributed by atoms with van der Waals surface area (Å²) in [5.74, 6) is -0.0266. The Kier molecular flexibility index (Phi) is 4.91. The van der Waals surface area contributed by atoms with Crippen LogP contribution in [0.25, 0.3) is 0 Å². The molecule has 1 aliphatic rings. The van der Waals surface area contributed by atoms with E-state index in [2.05, 4.69) is 15.9 Å². The molecule has 0 aromatic heterocycles. The van der Waals surface area contributed by atoms with Gasteiger partial charge in [0.05, 0.1) is 24.0 Å². The number of benzene rings is 1. The number of hydrogen-bond donors (Lipinski definition) is 0. The first-order valence-corrected chi connectivity index (χ1v) is 7.77. The van der Waals surface area contributed by atoms with Gasteiger partial charge in [-0.1, -0.05) is 15.9 Å². The first kappa shape index (κ1) is 13.7. The quantitative estimate of drug-likeness (QED) is 0.841. The fourth-order valence-corrected chi connectivity index (χ4v) is 2.96. The maximum absolute atomic E-state index is 12.0. The lowest BCUT2D eigenvalue weighted by Crippen LogP contribution is -2.42. The molecule has 18 heavy (non-hydrogen) atoms. The highest BCUT2D eigenvalue weighted by Crippen LogP contribution is 2.14. The lowest BCUT2D eigenvalue weighted by molar-refractivity contribution is -0.132. The van der Waals surface area contributed by atoms with Crippen LogP contribution in [0.5, 0.6) is 0 Å². The molecule has 0 aliphatic carbocycles. The second-order valence-electron chi connectivity index (χ2n) is 3.94. The van der Waals surface area contributed by atoms with Crippen molar-refractivity contribution in [3.8, 4) is 0 Å². The first-order chi connectivity index (χ1) is 8.66. The Labute approximate surface area is 117 Å². The van der Waals surface area contributed by atoms with Crippen molar-refractivity contribution in [3.05, 3.63) is 28.7 Å². The average molecular weight is 332 g/mol. The van der Waals surface area contributed by atoms with Gasteiger partial charge < -0.3 is 9.64 Å². The van der Waals surface area contributed by atoms with Gasteiger partial charge in [0, 0.05) is 22.5 Å². The molecule has 1 aliphatic heterocycles. The molecule has 1 amide bonds. The second-order valence-corrected chi connectivity index (χ2v) is 6.30. The molecule has 0 saturated carbocycles. The smallest absolute Gasteiger partial charge is 0.235 e. The normalized spacial score (nSPS) is 17.5. The van der Waals surface area contributed by atoms with E-state index < -0.39 is 10.8 Å². The molecular weight excluding hydrogens is 318 g/mol. The average Bonchev–Trinajstić information content (AvgIpc) is 2.40. The predicted molar refractivity (Wildman–Crippen MR) is 72.8 cm³/mol. The molecule has 0 bridgehead atoms. The summed E-state index contributed by atoms with van der Waals surface area (Å²) < 4.78 is 18.1. The van der Waals surface area contributed by atoms with Crippen LogP contribution >= 0.6 is 15.9 Å². The van der Waals surface area contributed by atoms with E-state index in [0.29, 0.717) is 31.2 Å². The van der Waals surface area contributed by atoms with E-state index in [0.717, 1.165) is 4.47 Å². The molecule has 0 radical (unpaired) electrons. The third kappa shape index (κ3) is 3.63. The second kappa shape index (κ2) is 6.45. The van der Waals surface area contributed by atoms with E-state index in [-0.39, 0.29) is 11.7 Å². The number of hydrogen-bond acceptors (Lipinski definition) is 3. The van der Waals surface area contributed by atoms with Crippen molar-refractivity contribution in [2.45, 2.75) is 4.90 Å². The molecule has 6 heteroatoms. The fourth-order valence-electron chi connectivity index (χ4n) is 1.69. The summed E-state index contributed by atoms with van der Waals surface area (Å²) in [6.07, 6.45) is 0. The van der Waals surface area contributed by atoms with Crippen molar-refractivity contribution >= 4 is 32.6 Å². The highest BCUT2D eigenvalue weighted by Gasteiger charge is 2.19. The molecule has 0 N–H and O–H groups in total. The highest BCUT2D eigenvalue weighted by molar-refractivity contribution is 9.10. The molecule has 98 valence electrons. The van der Waals surface area contributed by atoms with Crippen LogP contribution in [0.2, 0.25) is 0 Å². The summed E-state index contributed by atoms with van der Waals surface area (Å²) in [5, 5.41) is 0. The summed E-state index contributed by atoms with van der Waals surface area (Å²) in [4.78, 5) is 14.3. The molecule has 1 fully saturated rings. The van der Waals surface area contributed by atoms with E-state index in [4.69, 9.17) is 4.74 Å². The zero-order valence-corrected chi connectivity index (χ0v) is 12.2. The molecule has 1 aromatic carbocycles. The molecule has 1 aromatic rings. The fraction of sp³-hybridized carbons (Fsp3) is 0.417. The van der Waals surface area contributed by atoms with E-state index in [1.54, 1.807) is 17.0 Å². The van der Waals surface area contributed by atoms with Gasteiger partial charge in [-0.25, -0.2) is 0 Å². The van der Waals surface area contributed by atoms with Gasteiger partial charge in [-0.05, 0) is 24.3 Å². The lowest BCUT2D eigenvalue weighted by atomic mass is 10.4. The predicted octanol–water partition coefficient (Wildman–Crippen LogP) is 1.42. The lowest BCUT2D eigenvalue weighted by Gasteiger charge is -2.26. The van der Waals surface area contributed by atoms with Crippen molar-refractivity contribution in [2.24, 2.45) is 0 Å². The van der Waals surface area contributed by atoms with Crippen LogP contribution in [0.4, 0.5) is 0 Å². The number of rotatable bonds is 3. The Morgan fingerprint density at radius 3 is 2.50 bits per heavy atom. The zero-order chi connectivity index (χ0) is 13.0. The van der Waals surface area contributed by atoms with Gasteiger partial charge in [-0.3, -0.25) is 9.00 Å². The number of ether oxygens (including phenoxy) is 1. The standard InChI is InChI=1S/C12H14BrNO3S/c13-10-1-3-11(4-2-10)18(16)9-12(15)14-5-7-17-8-6-14/h1-4H,5-9H2/t18-/m0/s1. The van der Waals surface area contributed by atoms with Gasteiger partial charge in [-0.15, -0.1) is 0 Å². The van der Waals surface area contributed by atoms with Gasteiger partial charge in [0.25, 0.3) is 0 Å². The number of amides is 1. The minimum atomic E-state index is -1.28. The van der Waals surface area contributed by atoms with Crippen LogP contribution in [-0.4, -0.2) is 47.1 Å². The van der Waals surface area contributed by atoms with Crippen molar-refractivity contribution < 1.29 is 13.7 Å². The Hall–Kier alpha value is -0.720. The van der Waals surface area contributed by atoms with Gasteiger partial charge in [0.1, 0.15) is 5.75 Å². The van der Waals surface area contributed by atoms with E-state index in [1.807, 2.05) is 12.1 Å². The molecule has 0 spiro atoms. The molecule has 1 saturated heterocycles. The van der Waals surface area contributed by atoms with Gasteiger partial charge in [0.2, 0.25) is 5.91 Å². The third-order valence-electron chi connectivity index (χ3n) is 2.69. The van der Waals surface area contributed by atoms with Crippen LogP contribution in [0.3, 0.4) is 0 Å². The number of halogens is 1. The third-order valence-corrected chi connectivity index (χ3v) is 4.53. The van der Waals surface area contributed by atoms with Gasteiger partial charge in [0.15, 0.2) is 0 Å². The maximum Gasteiger partial charge on any atom is 0.235 e. The SMILES string of the molecule is O=C(C[S@](=O)c1ccc(Br)cc1)N1CCOCC1. The van der Waals surface area contributed by atoms with Gasteiger partial charge in [-0.2, -0.15) is 0 Å². The van der Waals surface area contributed by atoms with Crippen molar-refractivity contribution in [3.63, 3.8) is 0 Å². The van der Waals surface area contributed by atoms with Crippen LogP contribution in [-0.2, 0) is 20.3 Å². The zero-order valence-electron chi connectivity index (χ0n) is 9.80. The van der Waals surface area contributed by atoms with E-state index in [9.17, 15) is 9.00 Å². The number of morpholine rings is 1. The van der Waals surface area contributed by atoms with Crippen molar-refractivity contribution in [1.82, 2.24) is 4.90 Å². The Bertz CT molecular complexity index is 443. The molecule has 1 heterocycles. The Balaban J connectivity index is 1.94. The number of carbonyl (C=O) groups excluding carboxylic acids is 1. The minimum absolute atomic E-state index is 0.0433. The van der Waals surface area contributed by atoms with Crippen LogP contribution < -0.4 is 0 Å². The highest BCUT2D eigenvalue weighted by atomic mass is 79.9. The summed E-state index contributed by atoms with van der Waals surface area (Å²) in [6, 6.07) is 7.19. The Morgan fingerprint density at radius 1 is 1.28 bits per heavy atom. The number of carbonyl (C=O) groups is 1. The maximum atomic E-state index is 12.0. The minimum Gasteiger partial charge on any atom is -0.378 e. The molecular formula is C12H14BrNO3S. The van der Waals surface area contributed by atoms with Crippen LogP contribution in [0, 0.1) is 0 Å². The summed E-state index contributed by atoms with van der Waals surface area (Å²) >= 11 is 3.32. The summed E-state index contributed by atoms with van der Waals surface area (Å²) in [6.45, 7) is 2.32. The van der Waals surface area contributed by atoms with Crippen LogP contribution in [0.15, 0.2) is 33.6 Å². The van der Waals surface area contributed by atoms with E-state index in [1.165, 1.54) is 0 Å². The van der Waals surface area contributed by atoms with Crippen LogP contribution in [0.1, 0.15) is 0 Å². The topological polar surface area (TPSA) is 46.6 Å². The Morgan fingerprint density at radius 2 is 1.89 bits per heavy atom. The van der Waals surface area contributed by atoms with E-state index >= 15 is 0 Å². The summed E-state index contributed by atoms with van der Waals surface area (Å²) in [7, 11) is -1.28. The van der Waals surface area contributed by atoms with Crippen molar-refractivity contribution in [1.29, 1.82) is 0 Å². The van der Waals surface area contributed by atoms with Gasteiger partial charge >= 0.3 is 0 Å². The number of nitrogens with zero attached hydrogens (tertiary/aromatic N) is 1. The summed E-state index contributed by atoms with van der Waals surface area (Å²) in [5.41, 5.74) is 0. The molecule has 1 atom stereocenters. The molecule has 2 rings (SSSR count). The first-order valence-electron chi connectivity index (χ1n) is 5.66. The largest absolute Gasteiger partial charge is 0.378 e. The molecule has 4 nitrogen and oxygen atoms in total. The molecule has 0 unspecified atom stereocenters. The van der Waals surface area contributed by atoms with Crippen molar-refractivity contribution in [2.75, 3.05) is 32.1 Å². The monoisotopic (exact) mass is 331 g/mol.